The number of rotatable bonds is 1. The number of hydrogen-bond donors (Lipinski definition) is 0. The van der Waals surface area contributed by atoms with E-state index in [4.69, 9.17) is 23.3 Å². The molecule has 8 heteroatoms. The normalized spacial score (nSPS) is 6.10. The Morgan fingerprint density at radius 2 is 0.952 bits per heavy atom. The van der Waals surface area contributed by atoms with Crippen molar-refractivity contribution in [3.63, 3.8) is 0 Å². The molecule has 0 bridgehead atoms. The minimum atomic E-state index is -0.0162. The fourth-order valence-electron chi connectivity index (χ4n) is 0.136. The van der Waals surface area contributed by atoms with Crippen molar-refractivity contribution in [2.24, 2.45) is 0 Å². The summed E-state index contributed by atoms with van der Waals surface area (Å²) in [4.78, 5) is 0. The number of nitrogens with zero attached hydrogens (tertiary/aromatic N) is 1. The van der Waals surface area contributed by atoms with Crippen LogP contribution in [0.25, 0.3) is 0 Å². The SMILES string of the molecule is C/C=C/[C]([O-])=[Cr].C[N+](C)(C)C.[C-]#[O+].[C-]#[O+].[C-]#[O+].[C-]#[O+].[C-]#[O+]. The molecule has 0 rings (SSSR count). The van der Waals surface area contributed by atoms with E-state index >= 15 is 0 Å². The van der Waals surface area contributed by atoms with Crippen molar-refractivity contribution >= 4 is 4.57 Å². The summed E-state index contributed by atoms with van der Waals surface area (Å²) in [6, 6.07) is 0. The predicted molar refractivity (Wildman–Crippen MR) is 63.4 cm³/mol. The van der Waals surface area contributed by atoms with Gasteiger partial charge in [0.25, 0.3) is 0 Å². The monoisotopic (exact) mass is 335 g/mol. The molecule has 0 saturated heterocycles. The van der Waals surface area contributed by atoms with Crippen LogP contribution in [0.4, 0.5) is 0 Å². The van der Waals surface area contributed by atoms with E-state index in [0.717, 1.165) is 4.48 Å². The molecule has 0 N–H and O–H groups in total. The Morgan fingerprint density at radius 1 is 0.810 bits per heavy atom. The van der Waals surface area contributed by atoms with Gasteiger partial charge in [-0.15, -0.1) is 0 Å². The van der Waals surface area contributed by atoms with Gasteiger partial charge in [0.15, 0.2) is 0 Å². The molecular weight excluding hydrogens is 318 g/mol. The van der Waals surface area contributed by atoms with Crippen LogP contribution in [0.5, 0.6) is 0 Å². The summed E-state index contributed by atoms with van der Waals surface area (Å²) in [6.07, 6.45) is 3.17. The van der Waals surface area contributed by atoms with E-state index in [0.29, 0.717) is 0 Å². The quantitative estimate of drug-likeness (QED) is 0.365. The average Bonchev–Trinajstić information content (AvgIpc) is 2.48. The molecule has 0 atom stereocenters. The van der Waals surface area contributed by atoms with Crippen LogP contribution in [0.1, 0.15) is 6.92 Å². The van der Waals surface area contributed by atoms with Crippen LogP contribution < -0.4 is 5.11 Å². The third kappa shape index (κ3) is 1700. The maximum atomic E-state index is 9.90. The summed E-state index contributed by atoms with van der Waals surface area (Å²) in [5.41, 5.74) is 0. The Labute approximate surface area is 134 Å². The minimum absolute atomic E-state index is 0.0162. The Hall–Kier alpha value is -1.24. The van der Waals surface area contributed by atoms with E-state index < -0.39 is 0 Å². The van der Waals surface area contributed by atoms with Crippen LogP contribution in [-0.2, 0) is 39.1 Å². The van der Waals surface area contributed by atoms with Crippen molar-refractivity contribution in [3.8, 4) is 0 Å². The van der Waals surface area contributed by atoms with E-state index in [2.05, 4.69) is 77.3 Å². The Balaban J connectivity index is -0.0000000237. The van der Waals surface area contributed by atoms with Gasteiger partial charge in [0, 0.05) is 0 Å². The zero-order chi connectivity index (χ0) is 19.5. The van der Waals surface area contributed by atoms with Crippen molar-refractivity contribution < 1.29 is 48.7 Å². The summed E-state index contributed by atoms with van der Waals surface area (Å²) < 4.78 is 38.5. The third-order valence-corrected chi connectivity index (χ3v) is 0.515. The summed E-state index contributed by atoms with van der Waals surface area (Å²) in [5.74, 6) is 0. The van der Waals surface area contributed by atoms with Gasteiger partial charge in [-0.2, -0.15) is 0 Å². The van der Waals surface area contributed by atoms with Gasteiger partial charge in [-0.25, -0.2) is 0 Å². The van der Waals surface area contributed by atoms with Crippen molar-refractivity contribution in [3.05, 3.63) is 45.4 Å². The fourth-order valence-corrected chi connectivity index (χ4v) is 0.349. The molecule has 0 unspecified atom stereocenters. The van der Waals surface area contributed by atoms with Gasteiger partial charge in [-0.05, 0) is 0 Å². The molecule has 116 valence electrons. The topological polar surface area (TPSA) is 123 Å². The van der Waals surface area contributed by atoms with Crippen molar-refractivity contribution in [2.45, 2.75) is 6.92 Å². The Bertz CT molecular complexity index is 267. The average molecular weight is 335 g/mol. The van der Waals surface area contributed by atoms with E-state index in [-0.39, 0.29) is 4.57 Å². The molecule has 0 aromatic carbocycles. The molecule has 0 aliphatic heterocycles. The molecule has 0 amide bonds. The summed E-state index contributed by atoms with van der Waals surface area (Å²) >= 11 is 2.32. The first-order chi connectivity index (χ1) is 9.77. The zero-order valence-electron chi connectivity index (χ0n) is 12.5. The molecule has 0 heterocycles. The summed E-state index contributed by atoms with van der Waals surface area (Å²) in [6.45, 7) is 24.3. The molecule has 0 aliphatic carbocycles. The van der Waals surface area contributed by atoms with Crippen LogP contribution in [0.15, 0.2) is 12.2 Å². The first kappa shape index (κ1) is 42.7. The first-order valence-electron chi connectivity index (χ1n) is 4.42. The third-order valence-electron chi connectivity index (χ3n) is 0.303. The molecular formula is C13H17CrNO6. The van der Waals surface area contributed by atoms with Gasteiger partial charge >= 0.3 is 101 Å². The van der Waals surface area contributed by atoms with Gasteiger partial charge in [0.05, 0.1) is 28.2 Å². The number of allylic oxidation sites excluding steroid dienone is 1. The molecule has 21 heavy (non-hydrogen) atoms. The summed E-state index contributed by atoms with van der Waals surface area (Å²) in [5, 5.41) is 9.90. The number of quaternary nitrogens is 1. The zero-order valence-corrected chi connectivity index (χ0v) is 13.7. The molecule has 0 aromatic rings. The standard InChI is InChI=1S/C4H12N.C4H5O.5CO.Cr/c1-5(2,3)4;1-2-3-4-5;5*1-2;/h1-4H3;2-3H,1H3;;;;;;/q+1;-1;;;;;;/b;3-2+;;;;;;. The van der Waals surface area contributed by atoms with E-state index in [9.17, 15) is 5.11 Å². The molecule has 0 fully saturated rings. The maximum absolute atomic E-state index is 9.90. The van der Waals surface area contributed by atoms with Crippen LogP contribution in [0, 0.1) is 33.3 Å². The first-order valence-corrected chi connectivity index (χ1v) is 5.05. The van der Waals surface area contributed by atoms with Gasteiger partial charge < -0.3 is 4.48 Å². The second-order valence-corrected chi connectivity index (χ2v) is 4.13. The molecule has 7 nitrogen and oxygen atoms in total. The molecule has 0 aromatic heterocycles. The van der Waals surface area contributed by atoms with E-state index in [1.165, 1.54) is 6.08 Å². The van der Waals surface area contributed by atoms with Gasteiger partial charge in [-0.1, -0.05) is 0 Å². The fraction of sp³-hybridized carbons (Fsp3) is 0.385. The second kappa shape index (κ2) is 62.1. The van der Waals surface area contributed by atoms with Gasteiger partial charge in [-0.3, -0.25) is 0 Å². The van der Waals surface area contributed by atoms with Crippen LogP contribution >= 0.6 is 0 Å². The molecule has 0 aliphatic rings. The van der Waals surface area contributed by atoms with Crippen molar-refractivity contribution in [1.82, 2.24) is 0 Å². The second-order valence-electron chi connectivity index (χ2n) is 3.50. The van der Waals surface area contributed by atoms with E-state index in [1.54, 1.807) is 13.0 Å². The van der Waals surface area contributed by atoms with Crippen molar-refractivity contribution in [1.29, 1.82) is 0 Å². The van der Waals surface area contributed by atoms with Crippen LogP contribution in [0.2, 0.25) is 0 Å². The van der Waals surface area contributed by atoms with Crippen molar-refractivity contribution in [2.75, 3.05) is 28.2 Å². The van der Waals surface area contributed by atoms with Crippen LogP contribution in [0.3, 0.4) is 0 Å². The molecule has 0 radical (unpaired) electrons. The predicted octanol–water partition coefficient (Wildman–Crippen LogP) is -0.266. The van der Waals surface area contributed by atoms with Gasteiger partial charge in [0.1, 0.15) is 0 Å². The van der Waals surface area contributed by atoms with Gasteiger partial charge in [0.2, 0.25) is 0 Å². The number of hydrogen-bond acceptors (Lipinski definition) is 1. The Kier molecular flexibility index (Phi) is 126. The summed E-state index contributed by atoms with van der Waals surface area (Å²) in [7, 11) is 8.50. The molecule has 0 spiro atoms. The van der Waals surface area contributed by atoms with Crippen LogP contribution in [-0.4, -0.2) is 37.2 Å². The Morgan fingerprint density at radius 3 is 0.952 bits per heavy atom. The molecule has 0 saturated carbocycles. The van der Waals surface area contributed by atoms with E-state index in [1.807, 2.05) is 0 Å².